The van der Waals surface area contributed by atoms with E-state index in [1.54, 1.807) is 0 Å². The molecule has 0 heterocycles. The van der Waals surface area contributed by atoms with Gasteiger partial charge in [0.15, 0.2) is 0 Å². The summed E-state index contributed by atoms with van der Waals surface area (Å²) in [5.41, 5.74) is 5.40. The highest BCUT2D eigenvalue weighted by Gasteiger charge is 2.47. The van der Waals surface area contributed by atoms with Gasteiger partial charge in [0.1, 0.15) is 0 Å². The summed E-state index contributed by atoms with van der Waals surface area (Å²) in [6.07, 6.45) is 4.35. The predicted octanol–water partition coefficient (Wildman–Crippen LogP) is 0.333. The number of hydrogen-bond acceptors (Lipinski definition) is 2. The summed E-state index contributed by atoms with van der Waals surface area (Å²) in [4.78, 5) is 0. The summed E-state index contributed by atoms with van der Waals surface area (Å²) in [6.45, 7) is 1.79. The zero-order valence-corrected chi connectivity index (χ0v) is 6.34. The SMILES string of the molecule is NCCNC1CCC2CC21. The van der Waals surface area contributed by atoms with Crippen molar-refractivity contribution in [2.24, 2.45) is 17.6 Å². The normalized spacial score (nSPS) is 43.5. The van der Waals surface area contributed by atoms with Gasteiger partial charge < -0.3 is 11.1 Å². The Morgan fingerprint density at radius 2 is 2.30 bits per heavy atom. The second-order valence-corrected chi connectivity index (χ2v) is 3.59. The number of nitrogens with one attached hydrogen (secondary N) is 1. The molecule has 3 atom stereocenters. The highest BCUT2D eigenvalue weighted by atomic mass is 15.0. The molecule has 0 aliphatic heterocycles. The summed E-state index contributed by atoms with van der Waals surface area (Å²) < 4.78 is 0. The lowest BCUT2D eigenvalue weighted by Gasteiger charge is -2.12. The summed E-state index contributed by atoms with van der Waals surface area (Å²) in [6, 6.07) is 0.827. The van der Waals surface area contributed by atoms with E-state index in [0.717, 1.165) is 31.0 Å². The Kier molecular flexibility index (Phi) is 1.66. The van der Waals surface area contributed by atoms with Crippen LogP contribution in [0.1, 0.15) is 19.3 Å². The van der Waals surface area contributed by atoms with Crippen molar-refractivity contribution in [1.29, 1.82) is 0 Å². The van der Waals surface area contributed by atoms with Gasteiger partial charge in [-0.2, -0.15) is 0 Å². The monoisotopic (exact) mass is 140 g/mol. The van der Waals surface area contributed by atoms with Gasteiger partial charge in [-0.1, -0.05) is 0 Å². The minimum Gasteiger partial charge on any atom is -0.329 e. The van der Waals surface area contributed by atoms with Gasteiger partial charge in [-0.15, -0.1) is 0 Å². The van der Waals surface area contributed by atoms with Crippen LogP contribution < -0.4 is 11.1 Å². The van der Waals surface area contributed by atoms with Crippen LogP contribution in [-0.4, -0.2) is 19.1 Å². The quantitative estimate of drug-likeness (QED) is 0.593. The Bertz CT molecular complexity index is 124. The fourth-order valence-corrected chi connectivity index (χ4v) is 2.23. The van der Waals surface area contributed by atoms with Crippen molar-refractivity contribution in [2.45, 2.75) is 25.3 Å². The molecule has 0 aromatic rings. The molecule has 2 saturated carbocycles. The van der Waals surface area contributed by atoms with Crippen molar-refractivity contribution in [2.75, 3.05) is 13.1 Å². The van der Waals surface area contributed by atoms with Crippen molar-refractivity contribution in [3.05, 3.63) is 0 Å². The maximum absolute atomic E-state index is 5.40. The number of hydrogen-bond donors (Lipinski definition) is 2. The second kappa shape index (κ2) is 2.51. The molecule has 0 aromatic carbocycles. The Morgan fingerprint density at radius 3 is 2.80 bits per heavy atom. The van der Waals surface area contributed by atoms with Crippen molar-refractivity contribution in [3.8, 4) is 0 Å². The van der Waals surface area contributed by atoms with Gasteiger partial charge in [-0.05, 0) is 31.1 Å². The maximum Gasteiger partial charge on any atom is 0.00987 e. The molecule has 2 fully saturated rings. The molecule has 2 rings (SSSR count). The topological polar surface area (TPSA) is 38.0 Å². The van der Waals surface area contributed by atoms with Gasteiger partial charge >= 0.3 is 0 Å². The molecule has 0 aromatic heterocycles. The fraction of sp³-hybridized carbons (Fsp3) is 1.00. The lowest BCUT2D eigenvalue weighted by atomic mass is 10.2. The van der Waals surface area contributed by atoms with E-state index in [1.807, 2.05) is 0 Å². The van der Waals surface area contributed by atoms with E-state index in [1.165, 1.54) is 19.3 Å². The molecule has 3 N–H and O–H groups in total. The lowest BCUT2D eigenvalue weighted by Crippen LogP contribution is -2.33. The minimum absolute atomic E-state index is 0.786. The van der Waals surface area contributed by atoms with Crippen LogP contribution in [0.15, 0.2) is 0 Å². The molecule has 0 saturated heterocycles. The van der Waals surface area contributed by atoms with Gasteiger partial charge in [-0.25, -0.2) is 0 Å². The van der Waals surface area contributed by atoms with Crippen LogP contribution in [0.3, 0.4) is 0 Å². The summed E-state index contributed by atoms with van der Waals surface area (Å²) in [5.74, 6) is 2.13. The Labute approximate surface area is 62.2 Å². The van der Waals surface area contributed by atoms with Crippen LogP contribution in [0.2, 0.25) is 0 Å². The van der Waals surface area contributed by atoms with Crippen LogP contribution in [0, 0.1) is 11.8 Å². The smallest absolute Gasteiger partial charge is 0.00987 e. The molecule has 2 heteroatoms. The Balaban J connectivity index is 1.72. The van der Waals surface area contributed by atoms with Crippen molar-refractivity contribution in [1.82, 2.24) is 5.32 Å². The molecule has 0 radical (unpaired) electrons. The van der Waals surface area contributed by atoms with Gasteiger partial charge in [-0.3, -0.25) is 0 Å². The zero-order chi connectivity index (χ0) is 6.97. The molecule has 2 aliphatic carbocycles. The fourth-order valence-electron chi connectivity index (χ4n) is 2.23. The van der Waals surface area contributed by atoms with Crippen LogP contribution >= 0.6 is 0 Å². The molecule has 58 valence electrons. The third-order valence-corrected chi connectivity index (χ3v) is 2.89. The molecular formula is C8H16N2. The molecule has 3 unspecified atom stereocenters. The Morgan fingerprint density at radius 1 is 1.40 bits per heavy atom. The summed E-state index contributed by atoms with van der Waals surface area (Å²) >= 11 is 0. The van der Waals surface area contributed by atoms with Crippen LogP contribution in [0.25, 0.3) is 0 Å². The van der Waals surface area contributed by atoms with E-state index in [0.29, 0.717) is 0 Å². The molecule has 0 bridgehead atoms. The van der Waals surface area contributed by atoms with Gasteiger partial charge in [0.25, 0.3) is 0 Å². The number of nitrogens with two attached hydrogens (primary N) is 1. The minimum atomic E-state index is 0.786. The van der Waals surface area contributed by atoms with E-state index in [4.69, 9.17) is 5.73 Å². The van der Waals surface area contributed by atoms with E-state index < -0.39 is 0 Å². The first-order valence-electron chi connectivity index (χ1n) is 4.35. The first-order chi connectivity index (χ1) is 4.92. The third kappa shape index (κ3) is 1.06. The molecule has 2 nitrogen and oxygen atoms in total. The van der Waals surface area contributed by atoms with Crippen LogP contribution in [-0.2, 0) is 0 Å². The predicted molar refractivity (Wildman–Crippen MR) is 41.7 cm³/mol. The van der Waals surface area contributed by atoms with E-state index in [9.17, 15) is 0 Å². The second-order valence-electron chi connectivity index (χ2n) is 3.59. The van der Waals surface area contributed by atoms with Crippen LogP contribution in [0.4, 0.5) is 0 Å². The Hall–Kier alpha value is -0.0800. The van der Waals surface area contributed by atoms with Crippen molar-refractivity contribution < 1.29 is 0 Å². The van der Waals surface area contributed by atoms with E-state index in [-0.39, 0.29) is 0 Å². The molecule has 2 aliphatic rings. The molecule has 0 amide bonds. The molecular weight excluding hydrogens is 124 g/mol. The largest absolute Gasteiger partial charge is 0.329 e. The summed E-state index contributed by atoms with van der Waals surface area (Å²) in [7, 11) is 0. The first-order valence-corrected chi connectivity index (χ1v) is 4.35. The molecule has 0 spiro atoms. The third-order valence-electron chi connectivity index (χ3n) is 2.89. The lowest BCUT2D eigenvalue weighted by molar-refractivity contribution is 0.482. The average molecular weight is 140 g/mol. The van der Waals surface area contributed by atoms with Crippen LogP contribution in [0.5, 0.6) is 0 Å². The van der Waals surface area contributed by atoms with Gasteiger partial charge in [0.05, 0.1) is 0 Å². The average Bonchev–Trinajstić information content (AvgIpc) is 2.63. The van der Waals surface area contributed by atoms with Gasteiger partial charge in [0, 0.05) is 19.1 Å². The van der Waals surface area contributed by atoms with Gasteiger partial charge in [0.2, 0.25) is 0 Å². The van der Waals surface area contributed by atoms with E-state index in [2.05, 4.69) is 5.32 Å². The zero-order valence-electron chi connectivity index (χ0n) is 6.34. The maximum atomic E-state index is 5.40. The number of rotatable bonds is 3. The van der Waals surface area contributed by atoms with Crippen molar-refractivity contribution in [3.63, 3.8) is 0 Å². The van der Waals surface area contributed by atoms with E-state index >= 15 is 0 Å². The summed E-state index contributed by atoms with van der Waals surface area (Å²) in [5, 5.41) is 3.50. The highest BCUT2D eigenvalue weighted by molar-refractivity contribution is 5.01. The number of fused-ring (bicyclic) bond motifs is 1. The molecule has 10 heavy (non-hydrogen) atoms. The van der Waals surface area contributed by atoms with Crippen molar-refractivity contribution >= 4 is 0 Å². The first kappa shape index (κ1) is 6.62. The highest BCUT2D eigenvalue weighted by Crippen LogP contribution is 2.51. The standard InChI is InChI=1S/C8H16N2/c9-3-4-10-8-2-1-6-5-7(6)8/h6-8,10H,1-5,9H2.